The normalized spacial score (nSPS) is 10.0. The molecule has 0 aliphatic carbocycles. The first-order chi connectivity index (χ1) is 13.6. The highest BCUT2D eigenvalue weighted by atomic mass is 16.5. The number of hydrogen-bond donors (Lipinski definition) is 2. The standard InChI is InChI=1S/C22H18N2O4/c1-28-22(27)16-9-7-8-15(14-16)20(25)24-19-13-6-5-12-18(19)21(26)23-17-10-3-2-4-11-17/h2-14H,1H3,(H,23,26)(H,24,25). The van der Waals surface area contributed by atoms with Crippen LogP contribution in [0.2, 0.25) is 0 Å². The van der Waals surface area contributed by atoms with Gasteiger partial charge in [0.05, 0.1) is 23.9 Å². The van der Waals surface area contributed by atoms with Crippen LogP contribution in [-0.4, -0.2) is 24.9 Å². The highest BCUT2D eigenvalue weighted by Gasteiger charge is 2.15. The van der Waals surface area contributed by atoms with Gasteiger partial charge in [-0.2, -0.15) is 0 Å². The van der Waals surface area contributed by atoms with Crippen molar-refractivity contribution in [2.24, 2.45) is 0 Å². The maximum absolute atomic E-state index is 12.6. The van der Waals surface area contributed by atoms with E-state index in [2.05, 4.69) is 15.4 Å². The number of carbonyl (C=O) groups is 3. The fourth-order valence-corrected chi connectivity index (χ4v) is 2.61. The predicted octanol–water partition coefficient (Wildman–Crippen LogP) is 3.98. The van der Waals surface area contributed by atoms with Crippen LogP contribution in [0.4, 0.5) is 11.4 Å². The largest absolute Gasteiger partial charge is 0.465 e. The van der Waals surface area contributed by atoms with Gasteiger partial charge < -0.3 is 15.4 Å². The number of rotatable bonds is 5. The SMILES string of the molecule is COC(=O)c1cccc(C(=O)Nc2ccccc2C(=O)Nc2ccccc2)c1. The molecule has 2 amide bonds. The molecule has 0 radical (unpaired) electrons. The van der Waals surface area contributed by atoms with E-state index in [4.69, 9.17) is 0 Å². The van der Waals surface area contributed by atoms with E-state index < -0.39 is 11.9 Å². The second-order valence-electron chi connectivity index (χ2n) is 5.89. The van der Waals surface area contributed by atoms with E-state index in [-0.39, 0.29) is 17.0 Å². The van der Waals surface area contributed by atoms with Gasteiger partial charge in [0, 0.05) is 11.3 Å². The summed E-state index contributed by atoms with van der Waals surface area (Å²) < 4.78 is 4.67. The van der Waals surface area contributed by atoms with Gasteiger partial charge in [-0.1, -0.05) is 36.4 Å². The van der Waals surface area contributed by atoms with Crippen LogP contribution in [0.15, 0.2) is 78.9 Å². The van der Waals surface area contributed by atoms with Gasteiger partial charge in [-0.3, -0.25) is 9.59 Å². The number of hydrogen-bond acceptors (Lipinski definition) is 4. The highest BCUT2D eigenvalue weighted by Crippen LogP contribution is 2.19. The molecule has 6 nitrogen and oxygen atoms in total. The summed E-state index contributed by atoms with van der Waals surface area (Å²) in [7, 11) is 1.27. The van der Waals surface area contributed by atoms with Crippen molar-refractivity contribution in [3.05, 3.63) is 95.6 Å². The van der Waals surface area contributed by atoms with Crippen LogP contribution in [0.5, 0.6) is 0 Å². The predicted molar refractivity (Wildman–Crippen MR) is 107 cm³/mol. The minimum absolute atomic E-state index is 0.269. The number of carbonyl (C=O) groups excluding carboxylic acids is 3. The van der Waals surface area contributed by atoms with E-state index in [1.165, 1.54) is 13.2 Å². The number of amides is 2. The molecule has 3 aromatic carbocycles. The molecule has 0 atom stereocenters. The van der Waals surface area contributed by atoms with E-state index in [1.54, 1.807) is 54.6 Å². The fraction of sp³-hybridized carbons (Fsp3) is 0.0455. The molecule has 0 saturated carbocycles. The lowest BCUT2D eigenvalue weighted by atomic mass is 10.1. The van der Waals surface area contributed by atoms with E-state index >= 15 is 0 Å². The maximum atomic E-state index is 12.6. The lowest BCUT2D eigenvalue weighted by Crippen LogP contribution is -2.18. The summed E-state index contributed by atoms with van der Waals surface area (Å²) in [5, 5.41) is 5.52. The molecular formula is C22H18N2O4. The van der Waals surface area contributed by atoms with Gasteiger partial charge >= 0.3 is 5.97 Å². The molecule has 0 saturated heterocycles. The molecule has 0 spiro atoms. The molecule has 6 heteroatoms. The Hall–Kier alpha value is -3.93. The van der Waals surface area contributed by atoms with Gasteiger partial charge in [-0.15, -0.1) is 0 Å². The molecule has 0 bridgehead atoms. The molecule has 0 fully saturated rings. The summed E-state index contributed by atoms with van der Waals surface area (Å²) in [6, 6.07) is 21.9. The maximum Gasteiger partial charge on any atom is 0.337 e. The molecule has 28 heavy (non-hydrogen) atoms. The summed E-state index contributed by atoms with van der Waals surface area (Å²) in [5.74, 6) is -1.31. The molecule has 2 N–H and O–H groups in total. The Morgan fingerprint density at radius 3 is 2.14 bits per heavy atom. The lowest BCUT2D eigenvalue weighted by molar-refractivity contribution is 0.0600. The van der Waals surface area contributed by atoms with Gasteiger partial charge in [-0.25, -0.2) is 4.79 Å². The summed E-state index contributed by atoms with van der Waals surface area (Å²) >= 11 is 0. The Bertz CT molecular complexity index is 1020. The first kappa shape index (κ1) is 18.8. The van der Waals surface area contributed by atoms with Crippen molar-refractivity contribution in [1.82, 2.24) is 0 Å². The van der Waals surface area contributed by atoms with Gasteiger partial charge in [0.2, 0.25) is 0 Å². The highest BCUT2D eigenvalue weighted by molar-refractivity contribution is 6.12. The van der Waals surface area contributed by atoms with Gasteiger partial charge in [0.1, 0.15) is 0 Å². The third-order valence-corrected chi connectivity index (χ3v) is 4.00. The minimum atomic E-state index is -0.530. The van der Waals surface area contributed by atoms with Crippen molar-refractivity contribution >= 4 is 29.2 Å². The molecule has 3 aromatic rings. The minimum Gasteiger partial charge on any atom is -0.465 e. The number of benzene rings is 3. The molecule has 140 valence electrons. The van der Waals surface area contributed by atoms with Crippen LogP contribution < -0.4 is 10.6 Å². The third kappa shape index (κ3) is 4.42. The number of methoxy groups -OCH3 is 1. The van der Waals surface area contributed by atoms with Crippen molar-refractivity contribution in [2.75, 3.05) is 17.7 Å². The topological polar surface area (TPSA) is 84.5 Å². The first-order valence-electron chi connectivity index (χ1n) is 8.53. The number of para-hydroxylation sites is 2. The van der Waals surface area contributed by atoms with Crippen molar-refractivity contribution in [3.8, 4) is 0 Å². The molecule has 0 heterocycles. The van der Waals surface area contributed by atoms with E-state index in [0.717, 1.165) is 0 Å². The molecular weight excluding hydrogens is 356 g/mol. The van der Waals surface area contributed by atoms with Crippen LogP contribution in [0, 0.1) is 0 Å². The Morgan fingerprint density at radius 1 is 0.714 bits per heavy atom. The Balaban J connectivity index is 1.81. The second kappa shape index (κ2) is 8.64. The first-order valence-corrected chi connectivity index (χ1v) is 8.53. The van der Waals surface area contributed by atoms with Crippen molar-refractivity contribution in [3.63, 3.8) is 0 Å². The quantitative estimate of drug-likeness (QED) is 0.662. The monoisotopic (exact) mass is 374 g/mol. The van der Waals surface area contributed by atoms with E-state index in [0.29, 0.717) is 16.9 Å². The molecule has 0 aliphatic heterocycles. The smallest absolute Gasteiger partial charge is 0.337 e. The average Bonchev–Trinajstić information content (AvgIpc) is 2.74. The van der Waals surface area contributed by atoms with Crippen LogP contribution in [0.25, 0.3) is 0 Å². The van der Waals surface area contributed by atoms with Gasteiger partial charge in [0.25, 0.3) is 11.8 Å². The second-order valence-corrected chi connectivity index (χ2v) is 5.89. The summed E-state index contributed by atoms with van der Waals surface area (Å²) in [5.41, 5.74) is 1.89. The zero-order chi connectivity index (χ0) is 19.9. The number of esters is 1. The summed E-state index contributed by atoms with van der Waals surface area (Å²) in [6.07, 6.45) is 0. The van der Waals surface area contributed by atoms with Crippen LogP contribution in [0.1, 0.15) is 31.1 Å². The van der Waals surface area contributed by atoms with E-state index in [1.807, 2.05) is 18.2 Å². The summed E-state index contributed by atoms with van der Waals surface area (Å²) in [4.78, 5) is 36.9. The van der Waals surface area contributed by atoms with Crippen molar-refractivity contribution in [1.29, 1.82) is 0 Å². The zero-order valence-electron chi connectivity index (χ0n) is 15.1. The Morgan fingerprint density at radius 2 is 1.39 bits per heavy atom. The van der Waals surface area contributed by atoms with Gasteiger partial charge in [0.15, 0.2) is 0 Å². The summed E-state index contributed by atoms with van der Waals surface area (Å²) in [6.45, 7) is 0. The van der Waals surface area contributed by atoms with Crippen molar-refractivity contribution < 1.29 is 19.1 Å². The Labute approximate surface area is 162 Å². The zero-order valence-corrected chi connectivity index (χ0v) is 15.1. The lowest BCUT2D eigenvalue weighted by Gasteiger charge is -2.12. The molecule has 0 aromatic heterocycles. The average molecular weight is 374 g/mol. The van der Waals surface area contributed by atoms with Crippen molar-refractivity contribution in [2.45, 2.75) is 0 Å². The Kier molecular flexibility index (Phi) is 5.81. The molecule has 0 aliphatic rings. The number of ether oxygens (including phenoxy) is 1. The van der Waals surface area contributed by atoms with Crippen LogP contribution >= 0.6 is 0 Å². The molecule has 3 rings (SSSR count). The van der Waals surface area contributed by atoms with Crippen LogP contribution in [-0.2, 0) is 4.74 Å². The van der Waals surface area contributed by atoms with Crippen LogP contribution in [0.3, 0.4) is 0 Å². The third-order valence-electron chi connectivity index (χ3n) is 4.00. The van der Waals surface area contributed by atoms with E-state index in [9.17, 15) is 14.4 Å². The molecule has 0 unspecified atom stereocenters. The van der Waals surface area contributed by atoms with Gasteiger partial charge in [-0.05, 0) is 42.5 Å². The number of anilines is 2. The fourth-order valence-electron chi connectivity index (χ4n) is 2.61. The number of nitrogens with one attached hydrogen (secondary N) is 2.